The molecule has 13 heteroatoms. The van der Waals surface area contributed by atoms with E-state index in [0.717, 1.165) is 0 Å². The average molecular weight is 596 g/mol. The van der Waals surface area contributed by atoms with Crippen LogP contribution in [-0.4, -0.2) is 26.0 Å². The molecule has 0 fully saturated rings. The van der Waals surface area contributed by atoms with Crippen molar-refractivity contribution >= 4 is 67.1 Å². The van der Waals surface area contributed by atoms with E-state index in [1.807, 2.05) is 0 Å². The van der Waals surface area contributed by atoms with Crippen molar-refractivity contribution in [2.45, 2.75) is 18.2 Å². The summed E-state index contributed by atoms with van der Waals surface area (Å²) >= 11 is 12.2. The predicted molar refractivity (Wildman–Crippen MR) is 144 cm³/mol. The van der Waals surface area contributed by atoms with E-state index in [1.54, 1.807) is 43.3 Å². The quantitative estimate of drug-likeness (QED) is 0.189. The number of azo groups is 1. The number of carbonyl (C=O) groups is 1. The summed E-state index contributed by atoms with van der Waals surface area (Å²) in [6.07, 6.45) is 0.339. The second-order valence-corrected chi connectivity index (χ2v) is 10.3. The maximum absolute atomic E-state index is 13.4. The van der Waals surface area contributed by atoms with Crippen LogP contribution in [0.3, 0.4) is 0 Å². The van der Waals surface area contributed by atoms with Crippen LogP contribution in [0.2, 0.25) is 10.0 Å². The molecule has 0 aromatic heterocycles. The molecule has 1 amide bonds. The van der Waals surface area contributed by atoms with Gasteiger partial charge in [0, 0.05) is 16.6 Å². The first-order valence-electron chi connectivity index (χ1n) is 11.1. The maximum atomic E-state index is 13.4. The van der Waals surface area contributed by atoms with Gasteiger partial charge in [0.25, 0.3) is 16.0 Å². The van der Waals surface area contributed by atoms with E-state index in [4.69, 9.17) is 27.9 Å². The number of amides is 1. The van der Waals surface area contributed by atoms with Gasteiger partial charge in [0.05, 0.1) is 28.5 Å². The molecule has 0 aliphatic heterocycles. The first kappa shape index (κ1) is 30.8. The Morgan fingerprint density at radius 2 is 1.77 bits per heavy atom. The van der Waals surface area contributed by atoms with Crippen molar-refractivity contribution in [3.63, 3.8) is 0 Å². The molecule has 0 atom stereocenters. The maximum Gasteiger partial charge on any atom is 1.00 e. The Morgan fingerprint density at radius 1 is 1.05 bits per heavy atom. The molecule has 39 heavy (non-hydrogen) atoms. The standard InChI is InChI=1S/C26H21Cl2N3O6S.Na/c1-3-14-11-23(38(34,35)36)20(28)13-21(14)30-31-24-17-7-5-4-6-15(17)10-18(25(24)32)26(33)29-16-8-9-22(37-2)19(27)12-16;/h4-13,32H,3H2,1-2H3,(H,29,33)(H,34,35,36);/q;+1/p-1. The molecule has 0 aliphatic carbocycles. The molecule has 0 radical (unpaired) electrons. The Morgan fingerprint density at radius 3 is 2.41 bits per heavy atom. The van der Waals surface area contributed by atoms with E-state index in [1.165, 1.54) is 31.4 Å². The summed E-state index contributed by atoms with van der Waals surface area (Å²) in [5, 5.41) is 25.5. The van der Waals surface area contributed by atoms with Gasteiger partial charge in [-0.25, -0.2) is 0 Å². The molecular formula is C26H20Cl2N3NaO6S. The zero-order valence-corrected chi connectivity index (χ0v) is 25.4. The van der Waals surface area contributed by atoms with Crippen LogP contribution in [0.4, 0.5) is 17.1 Å². The summed E-state index contributed by atoms with van der Waals surface area (Å²) in [7, 11) is -3.08. The summed E-state index contributed by atoms with van der Waals surface area (Å²) in [6, 6.07) is 15.4. The van der Waals surface area contributed by atoms with Crippen molar-refractivity contribution in [1.29, 1.82) is 0 Å². The van der Waals surface area contributed by atoms with E-state index < -0.39 is 26.7 Å². The van der Waals surface area contributed by atoms with Crippen LogP contribution in [0.25, 0.3) is 10.8 Å². The number of benzene rings is 4. The van der Waals surface area contributed by atoms with Gasteiger partial charge >= 0.3 is 29.6 Å². The van der Waals surface area contributed by atoms with Crippen molar-refractivity contribution in [1.82, 2.24) is 0 Å². The molecule has 4 aromatic rings. The minimum absolute atomic E-state index is 0. The molecule has 9 nitrogen and oxygen atoms in total. The summed E-state index contributed by atoms with van der Waals surface area (Å²) in [4.78, 5) is 12.6. The average Bonchev–Trinajstić information content (AvgIpc) is 2.87. The van der Waals surface area contributed by atoms with Crippen LogP contribution >= 0.6 is 23.2 Å². The summed E-state index contributed by atoms with van der Waals surface area (Å²) < 4.78 is 37.8. The van der Waals surface area contributed by atoms with Gasteiger partial charge in [0.1, 0.15) is 10.6 Å². The molecule has 0 unspecified atom stereocenters. The monoisotopic (exact) mass is 595 g/mol. The third kappa shape index (κ3) is 6.72. The molecule has 0 saturated carbocycles. The van der Waals surface area contributed by atoms with Gasteiger partial charge in [-0.3, -0.25) is 9.35 Å². The number of methoxy groups -OCH3 is 1. The Balaban J connectivity index is 0.00000420. The van der Waals surface area contributed by atoms with Crippen molar-refractivity contribution in [2.75, 3.05) is 12.4 Å². The first-order valence-corrected chi connectivity index (χ1v) is 13.3. The van der Waals surface area contributed by atoms with Gasteiger partial charge in [-0.1, -0.05) is 60.1 Å². The van der Waals surface area contributed by atoms with Crippen molar-refractivity contribution in [3.8, 4) is 11.5 Å². The molecule has 2 N–H and O–H groups in total. The van der Waals surface area contributed by atoms with Crippen LogP contribution in [0.1, 0.15) is 22.8 Å². The number of anilines is 1. The third-order valence-electron chi connectivity index (χ3n) is 5.68. The Labute approximate surface area is 256 Å². The summed E-state index contributed by atoms with van der Waals surface area (Å²) in [5.41, 5.74) is 0.736. The van der Waals surface area contributed by atoms with Crippen LogP contribution in [-0.2, 0) is 16.5 Å². The number of nitrogens with one attached hydrogen (secondary N) is 1. The van der Waals surface area contributed by atoms with Crippen molar-refractivity contribution < 1.29 is 57.2 Å². The smallest absolute Gasteiger partial charge is 0.870 e. The first-order chi connectivity index (χ1) is 18.0. The molecular weight excluding hydrogens is 576 g/mol. The van der Waals surface area contributed by atoms with E-state index >= 15 is 0 Å². The molecule has 4 aromatic carbocycles. The second-order valence-electron chi connectivity index (χ2n) is 8.07. The molecule has 0 bridgehead atoms. The number of aryl methyl sites for hydroxylation is 1. The van der Waals surface area contributed by atoms with Crippen molar-refractivity contribution in [3.05, 3.63) is 81.8 Å². The number of nitrogens with zero attached hydrogens (tertiary/aromatic N) is 2. The molecule has 0 saturated heterocycles. The van der Waals surface area contributed by atoms with E-state index in [-0.39, 0.29) is 56.5 Å². The number of ether oxygens (including phenoxy) is 1. The van der Waals surface area contributed by atoms with Gasteiger partial charge in [-0.15, -0.1) is 0 Å². The normalized spacial score (nSPS) is 11.4. The Hall–Kier alpha value is -2.70. The van der Waals surface area contributed by atoms with Gasteiger partial charge in [0.2, 0.25) is 0 Å². The van der Waals surface area contributed by atoms with E-state index in [9.17, 15) is 22.9 Å². The van der Waals surface area contributed by atoms with Crippen LogP contribution in [0.15, 0.2) is 75.8 Å². The predicted octanol–water partition coefficient (Wildman–Crippen LogP) is 3.71. The van der Waals surface area contributed by atoms with Crippen LogP contribution < -0.4 is 44.7 Å². The second kappa shape index (κ2) is 12.6. The minimum atomic E-state index is -4.55. The zero-order chi connectivity index (χ0) is 27.6. The molecule has 0 spiro atoms. The Kier molecular flexibility index (Phi) is 10.0. The fourth-order valence-corrected chi connectivity index (χ4v) is 5.09. The van der Waals surface area contributed by atoms with Gasteiger partial charge in [0.15, 0.2) is 0 Å². The molecule has 0 heterocycles. The van der Waals surface area contributed by atoms with Crippen molar-refractivity contribution in [2.24, 2.45) is 10.2 Å². The van der Waals surface area contributed by atoms with E-state index in [0.29, 0.717) is 34.2 Å². The molecule has 196 valence electrons. The minimum Gasteiger partial charge on any atom is -0.870 e. The number of halogens is 2. The number of fused-ring (bicyclic) bond motifs is 1. The molecule has 0 aliphatic rings. The fourth-order valence-electron chi connectivity index (χ4n) is 3.78. The zero-order valence-electron chi connectivity index (χ0n) is 21.0. The largest absolute Gasteiger partial charge is 1.00 e. The Bertz CT molecular complexity index is 1710. The molecule has 4 rings (SSSR count). The van der Waals surface area contributed by atoms with Gasteiger partial charge in [-0.2, -0.15) is 18.6 Å². The van der Waals surface area contributed by atoms with Gasteiger partial charge < -0.3 is 15.2 Å². The third-order valence-corrected chi connectivity index (χ3v) is 7.29. The number of hydrogen-bond acceptors (Lipinski definition) is 7. The topological polar surface area (TPSA) is 140 Å². The SMILES string of the molecule is CCc1cc(S(=O)(=O)O)c(Cl)cc1N=Nc1c([O-])c(C(=O)Nc2ccc(OC)c(Cl)c2)cc2ccccc12.[Na+]. The number of hydrogen-bond donors (Lipinski definition) is 2. The summed E-state index contributed by atoms with van der Waals surface area (Å²) in [6.45, 7) is 1.75. The number of rotatable bonds is 7. The van der Waals surface area contributed by atoms with Crippen LogP contribution in [0.5, 0.6) is 11.5 Å². The van der Waals surface area contributed by atoms with Crippen LogP contribution in [0, 0.1) is 0 Å². The fraction of sp³-hybridized carbons (Fsp3) is 0.115. The van der Waals surface area contributed by atoms with Gasteiger partial charge in [-0.05, 0) is 53.8 Å². The van der Waals surface area contributed by atoms with E-state index in [2.05, 4.69) is 15.5 Å². The summed E-state index contributed by atoms with van der Waals surface area (Å²) in [5.74, 6) is -0.907. The number of carbonyl (C=O) groups excluding carboxylic acids is 1.